The molecule has 2 aromatic rings. The average Bonchev–Trinajstić information content (AvgIpc) is 2.98. The van der Waals surface area contributed by atoms with Crippen molar-refractivity contribution in [2.24, 2.45) is 0 Å². The Bertz CT molecular complexity index is 1320. The minimum Gasteiger partial charge on any atom is -0.876 e. The summed E-state index contributed by atoms with van der Waals surface area (Å²) in [6, 6.07) is 0. The number of carbonyl (C=O) groups is 4. The molecule has 0 radical (unpaired) electrons. The first-order valence-corrected chi connectivity index (χ1v) is 19.7. The number of halogens is 12. The van der Waals surface area contributed by atoms with Crippen LogP contribution in [0.2, 0.25) is 0 Å². The zero-order valence-corrected chi connectivity index (χ0v) is 44.8. The van der Waals surface area contributed by atoms with Gasteiger partial charge in [-0.2, -0.15) is 0 Å². The first-order valence-electron chi connectivity index (χ1n) is 13.2. The zero-order chi connectivity index (χ0) is 42.4. The minimum absolute atomic E-state index is 0. The second kappa shape index (κ2) is 35.5. The smallest absolute Gasteiger partial charge is 0.876 e. The van der Waals surface area contributed by atoms with Crippen molar-refractivity contribution in [3.8, 4) is 0 Å². The molecule has 0 N–H and O–H groups in total. The molecule has 0 aromatic heterocycles. The van der Waals surface area contributed by atoms with Gasteiger partial charge in [0.1, 0.15) is 0 Å². The summed E-state index contributed by atoms with van der Waals surface area (Å²) in [7, 11) is 0. The Morgan fingerprint density at radius 2 is 0.444 bits per heavy atom. The molecule has 0 saturated carbocycles. The van der Waals surface area contributed by atoms with Crippen molar-refractivity contribution in [2.75, 3.05) is 0 Å². The molecule has 0 fully saturated rings. The predicted molar refractivity (Wildman–Crippen MR) is 227 cm³/mol. The molecular weight excluding hydrogens is 1600 g/mol. The fraction of sp³-hybridized carbons (Fsp3) is 0.250. The molecule has 2 aromatic carbocycles. The molecule has 0 aliphatic rings. The third-order valence-electron chi connectivity index (χ3n) is 3.94. The fourth-order valence-electron chi connectivity index (χ4n) is 2.30. The largest absolute Gasteiger partial charge is 2.00 e. The van der Waals surface area contributed by atoms with Gasteiger partial charge in [-0.25, -0.2) is 26.3 Å². The molecule has 0 bridgehead atoms. The van der Waals surface area contributed by atoms with E-state index in [-0.39, 0.29) is 108 Å². The van der Waals surface area contributed by atoms with Crippen molar-refractivity contribution >= 4 is 159 Å². The van der Waals surface area contributed by atoms with E-state index in [1.807, 2.05) is 0 Å². The van der Waals surface area contributed by atoms with Gasteiger partial charge in [0.05, 0.1) is 21.4 Å². The molecule has 54 heavy (non-hydrogen) atoms. The van der Waals surface area contributed by atoms with Crippen molar-refractivity contribution in [2.45, 2.75) is 55.4 Å². The molecule has 0 amide bonds. The molecule has 308 valence electrons. The number of hydrogen-bond acceptors (Lipinski definition) is 8. The summed E-state index contributed by atoms with van der Waals surface area (Å²) in [5.41, 5.74) is 0. The van der Waals surface area contributed by atoms with E-state index < -0.39 is 34.9 Å². The van der Waals surface area contributed by atoms with Crippen LogP contribution in [0.4, 0.5) is 26.3 Å². The van der Waals surface area contributed by atoms with E-state index in [1.165, 1.54) is 191 Å². The van der Waals surface area contributed by atoms with Gasteiger partial charge in [-0.15, -0.1) is 23.0 Å². The summed E-state index contributed by atoms with van der Waals surface area (Å²) < 4.78 is 76.6. The maximum atomic E-state index is 12.9. The van der Waals surface area contributed by atoms with Crippen molar-refractivity contribution in [3.05, 3.63) is 104 Å². The van der Waals surface area contributed by atoms with E-state index in [0.717, 1.165) is 24.3 Å². The Hall–Kier alpha value is 0.565. The van der Waals surface area contributed by atoms with Crippen LogP contribution in [-0.4, -0.2) is 23.1 Å². The van der Waals surface area contributed by atoms with Crippen LogP contribution >= 0.6 is 136 Å². The molecule has 8 nitrogen and oxygen atoms in total. The van der Waals surface area contributed by atoms with Gasteiger partial charge in [0.15, 0.2) is 58.0 Å². The van der Waals surface area contributed by atoms with Gasteiger partial charge in [-0.1, -0.05) is 27.7 Å². The van der Waals surface area contributed by atoms with E-state index in [0.29, 0.717) is 0 Å². The van der Waals surface area contributed by atoms with E-state index in [1.54, 1.807) is 0 Å². The standard InChI is InChI=1S/2C6F3I3.4C5H8O2.2Pd/c2*7-1-4(10)2(8)6(12)3(9)5(1)11;4*1-4(6)3-5(2)7;;/h;;4*3,6H,1-2H3;;/q;;;;;;2*+2/p-4/b;;4*4-3-;;. The Morgan fingerprint density at radius 3 is 0.481 bits per heavy atom. The first-order chi connectivity index (χ1) is 23.4. The van der Waals surface area contributed by atoms with Gasteiger partial charge in [0.2, 0.25) is 0 Å². The summed E-state index contributed by atoms with van der Waals surface area (Å²) in [6.07, 6.45) is 4.22. The van der Waals surface area contributed by atoms with E-state index in [4.69, 9.17) is 0 Å². The van der Waals surface area contributed by atoms with Crippen LogP contribution in [0.5, 0.6) is 0 Å². The van der Waals surface area contributed by atoms with Crippen LogP contribution in [-0.2, 0) is 60.0 Å². The molecule has 0 saturated heterocycles. The van der Waals surface area contributed by atoms with Crippen LogP contribution in [0.1, 0.15) is 55.4 Å². The summed E-state index contributed by atoms with van der Waals surface area (Å²) in [4.78, 5) is 39.9. The molecule has 2 rings (SSSR count). The van der Waals surface area contributed by atoms with Gasteiger partial charge >= 0.3 is 40.8 Å². The van der Waals surface area contributed by atoms with E-state index in [2.05, 4.69) is 0 Å². The number of allylic oxidation sites excluding steroid dienone is 8. The van der Waals surface area contributed by atoms with Crippen molar-refractivity contribution in [1.82, 2.24) is 0 Å². The Balaban J connectivity index is -0.000000130. The van der Waals surface area contributed by atoms with Crippen molar-refractivity contribution in [3.63, 3.8) is 0 Å². The summed E-state index contributed by atoms with van der Waals surface area (Å²) in [5.74, 6) is -6.46. The van der Waals surface area contributed by atoms with Crippen LogP contribution in [0.15, 0.2) is 47.3 Å². The Kier molecular flexibility index (Phi) is 43.6. The van der Waals surface area contributed by atoms with Crippen LogP contribution in [0.3, 0.4) is 0 Å². The molecule has 0 spiro atoms. The van der Waals surface area contributed by atoms with Crippen LogP contribution in [0.25, 0.3) is 0 Å². The fourth-order valence-corrected chi connectivity index (χ4v) is 8.63. The molecular formula is C32H28F6I6O8Pd2. The molecule has 0 heterocycles. The summed E-state index contributed by atoms with van der Waals surface area (Å²) in [5, 5.41) is 39.9. The second-order valence-electron chi connectivity index (χ2n) is 9.23. The normalized spacial score (nSPS) is 10.6. The summed E-state index contributed by atoms with van der Waals surface area (Å²) in [6.45, 7) is 10.8. The number of benzene rings is 2. The van der Waals surface area contributed by atoms with Crippen molar-refractivity contribution in [1.29, 1.82) is 0 Å². The molecule has 0 aliphatic carbocycles. The second-order valence-corrected chi connectivity index (χ2v) is 15.7. The number of hydrogen-bond donors (Lipinski definition) is 0. The van der Waals surface area contributed by atoms with E-state index in [9.17, 15) is 65.9 Å². The van der Waals surface area contributed by atoms with Crippen LogP contribution in [0, 0.1) is 56.3 Å². The molecule has 0 aliphatic heterocycles. The van der Waals surface area contributed by atoms with Gasteiger partial charge in [0.25, 0.3) is 0 Å². The molecule has 22 heteroatoms. The van der Waals surface area contributed by atoms with Gasteiger partial charge in [-0.05, 0) is 188 Å². The van der Waals surface area contributed by atoms with Crippen molar-refractivity contribution < 1.29 is 107 Å². The van der Waals surface area contributed by atoms with Gasteiger partial charge in [-0.3, -0.25) is 19.2 Å². The number of rotatable bonds is 4. The topological polar surface area (TPSA) is 161 Å². The number of ketones is 4. The maximum Gasteiger partial charge on any atom is 2.00 e. The predicted octanol–water partition coefficient (Wildman–Crippen LogP) is 7.19. The summed E-state index contributed by atoms with van der Waals surface area (Å²) >= 11 is 9.06. The quantitative estimate of drug-likeness (QED) is 0.0592. The molecule has 0 unspecified atom stereocenters. The van der Waals surface area contributed by atoms with Gasteiger partial charge < -0.3 is 20.4 Å². The SMILES string of the molecule is CC(=O)/C=C(/C)[O-].CC(=O)/C=C(/C)[O-].CC(=O)/C=C(/C)[O-].CC(=O)/C=C(/C)[O-].Fc1c(I)c(F)c(I)c(F)c1I.Fc1c(I)c(F)c(I)c(F)c1I.[Pd+2].[Pd+2]. The zero-order valence-electron chi connectivity index (χ0n) is 28.7. The molecule has 0 atom stereocenters. The first kappa shape index (κ1) is 66.4. The number of carbonyl (C=O) groups excluding carboxylic acids is 4. The monoisotopic (exact) mass is 1630 g/mol. The third kappa shape index (κ3) is 33.5. The Labute approximate surface area is 418 Å². The minimum atomic E-state index is -0.827. The Morgan fingerprint density at radius 1 is 0.352 bits per heavy atom. The van der Waals surface area contributed by atoms with E-state index >= 15 is 0 Å². The maximum absolute atomic E-state index is 12.9. The average molecular weight is 1630 g/mol. The van der Waals surface area contributed by atoms with Crippen LogP contribution < -0.4 is 20.4 Å². The van der Waals surface area contributed by atoms with Gasteiger partial charge in [0, 0.05) is 0 Å². The third-order valence-corrected chi connectivity index (χ3v) is 9.62.